The van der Waals surface area contributed by atoms with Crippen LogP contribution in [0.4, 0.5) is 15.0 Å². The average molecular weight is 336 g/mol. The number of urea groups is 1. The Morgan fingerprint density at radius 2 is 2.04 bits per heavy atom. The number of pyridine rings is 1. The molecule has 2 atom stereocenters. The average Bonchev–Trinajstić information content (AvgIpc) is 2.63. The van der Waals surface area contributed by atoms with Crippen LogP contribution >= 0.6 is 0 Å². The minimum absolute atomic E-state index is 0.0508. The van der Waals surface area contributed by atoms with Crippen LogP contribution < -0.4 is 10.2 Å². The molecule has 1 saturated carbocycles. The molecule has 1 aliphatic carbocycles. The van der Waals surface area contributed by atoms with E-state index in [1.54, 1.807) is 24.3 Å². The third-order valence-corrected chi connectivity index (χ3v) is 4.92. The molecular formula is C17H25FN4O2. The molecule has 2 fully saturated rings. The number of halogens is 1. The van der Waals surface area contributed by atoms with E-state index in [9.17, 15) is 9.18 Å². The number of aromatic nitrogens is 1. The van der Waals surface area contributed by atoms with E-state index < -0.39 is 0 Å². The molecule has 1 aromatic heterocycles. The van der Waals surface area contributed by atoms with Crippen molar-refractivity contribution >= 4 is 11.8 Å². The van der Waals surface area contributed by atoms with Crippen molar-refractivity contribution in [2.45, 2.75) is 37.8 Å². The second-order valence-electron chi connectivity index (χ2n) is 6.40. The fraction of sp³-hybridized carbons (Fsp3) is 0.647. The number of methoxy groups -OCH3 is 1. The Morgan fingerprint density at radius 3 is 2.75 bits per heavy atom. The van der Waals surface area contributed by atoms with E-state index in [-0.39, 0.29) is 24.0 Å². The number of anilines is 1. The van der Waals surface area contributed by atoms with Crippen LogP contribution in [0.15, 0.2) is 18.3 Å². The highest BCUT2D eigenvalue weighted by Gasteiger charge is 2.29. The Labute approximate surface area is 142 Å². The maximum absolute atomic E-state index is 13.8. The first-order valence-corrected chi connectivity index (χ1v) is 8.62. The molecule has 0 radical (unpaired) electrons. The molecule has 1 aliphatic heterocycles. The second kappa shape index (κ2) is 7.79. The molecule has 0 aromatic carbocycles. The normalized spacial score (nSPS) is 24.8. The van der Waals surface area contributed by atoms with Crippen molar-refractivity contribution in [2.75, 3.05) is 38.2 Å². The molecule has 24 heavy (non-hydrogen) atoms. The summed E-state index contributed by atoms with van der Waals surface area (Å²) in [4.78, 5) is 20.3. The van der Waals surface area contributed by atoms with E-state index in [1.165, 1.54) is 6.07 Å². The summed E-state index contributed by atoms with van der Waals surface area (Å²) in [5, 5.41) is 3.11. The fourth-order valence-corrected chi connectivity index (χ4v) is 3.53. The van der Waals surface area contributed by atoms with Gasteiger partial charge in [0.05, 0.1) is 12.1 Å². The van der Waals surface area contributed by atoms with Gasteiger partial charge in [0.15, 0.2) is 11.6 Å². The second-order valence-corrected chi connectivity index (χ2v) is 6.40. The monoisotopic (exact) mass is 336 g/mol. The fourth-order valence-electron chi connectivity index (χ4n) is 3.53. The van der Waals surface area contributed by atoms with E-state index in [2.05, 4.69) is 10.3 Å². The maximum atomic E-state index is 13.8. The van der Waals surface area contributed by atoms with E-state index >= 15 is 0 Å². The molecule has 0 bridgehead atoms. The molecule has 1 N–H and O–H groups in total. The summed E-state index contributed by atoms with van der Waals surface area (Å²) in [7, 11) is 1.70. The zero-order valence-corrected chi connectivity index (χ0v) is 14.1. The topological polar surface area (TPSA) is 57.7 Å². The highest BCUT2D eigenvalue weighted by Crippen LogP contribution is 2.21. The summed E-state index contributed by atoms with van der Waals surface area (Å²) >= 11 is 0. The van der Waals surface area contributed by atoms with Crippen molar-refractivity contribution in [1.29, 1.82) is 0 Å². The Morgan fingerprint density at radius 1 is 1.29 bits per heavy atom. The third-order valence-electron chi connectivity index (χ3n) is 4.92. The minimum atomic E-state index is -0.319. The van der Waals surface area contributed by atoms with Gasteiger partial charge in [-0.3, -0.25) is 0 Å². The van der Waals surface area contributed by atoms with Crippen LogP contribution in [0.3, 0.4) is 0 Å². The van der Waals surface area contributed by atoms with Crippen molar-refractivity contribution in [3.05, 3.63) is 24.1 Å². The largest absolute Gasteiger partial charge is 0.379 e. The summed E-state index contributed by atoms with van der Waals surface area (Å²) in [6.45, 7) is 2.29. The SMILES string of the molecule is CO[C@H]1CCCC[C@H]1NC(=O)N1CCN(c2ncccc2F)CC1. The predicted molar refractivity (Wildman–Crippen MR) is 89.6 cm³/mol. The van der Waals surface area contributed by atoms with Gasteiger partial charge < -0.3 is 19.9 Å². The number of hydrogen-bond donors (Lipinski definition) is 1. The number of hydrogen-bond acceptors (Lipinski definition) is 4. The Balaban J connectivity index is 1.52. The van der Waals surface area contributed by atoms with E-state index in [0.717, 1.165) is 25.7 Å². The first-order chi connectivity index (χ1) is 11.7. The lowest BCUT2D eigenvalue weighted by atomic mass is 9.92. The van der Waals surface area contributed by atoms with Gasteiger partial charge >= 0.3 is 6.03 Å². The molecule has 0 spiro atoms. The van der Waals surface area contributed by atoms with Crippen molar-refractivity contribution < 1.29 is 13.9 Å². The first-order valence-electron chi connectivity index (χ1n) is 8.62. The molecule has 6 nitrogen and oxygen atoms in total. The molecule has 3 rings (SSSR count). The highest BCUT2D eigenvalue weighted by atomic mass is 19.1. The standard InChI is InChI=1S/C17H25FN4O2/c1-24-15-7-3-2-6-14(15)20-17(23)22-11-9-21(10-12-22)16-13(18)5-4-8-19-16/h4-5,8,14-15H,2-3,6-7,9-12H2,1H3,(H,20,23)/t14-,15+/m1/s1. The maximum Gasteiger partial charge on any atom is 0.317 e. The van der Waals surface area contributed by atoms with Gasteiger partial charge in [0, 0.05) is 39.5 Å². The number of amides is 2. The lowest BCUT2D eigenvalue weighted by Gasteiger charge is -2.37. The van der Waals surface area contributed by atoms with Crippen LogP contribution in [0, 0.1) is 5.82 Å². The van der Waals surface area contributed by atoms with Crippen LogP contribution in [-0.4, -0.2) is 61.3 Å². The molecular weight excluding hydrogens is 311 g/mol. The molecule has 2 amide bonds. The minimum Gasteiger partial charge on any atom is -0.379 e. The number of nitrogens with zero attached hydrogens (tertiary/aromatic N) is 3. The van der Waals surface area contributed by atoms with Gasteiger partial charge in [-0.1, -0.05) is 12.8 Å². The lowest BCUT2D eigenvalue weighted by Crippen LogP contribution is -2.56. The zero-order chi connectivity index (χ0) is 16.9. The van der Waals surface area contributed by atoms with Crippen LogP contribution in [0.25, 0.3) is 0 Å². The summed E-state index contributed by atoms with van der Waals surface area (Å²) in [5.74, 6) is 0.0461. The van der Waals surface area contributed by atoms with Gasteiger partial charge in [-0.05, 0) is 25.0 Å². The van der Waals surface area contributed by atoms with Gasteiger partial charge in [0.2, 0.25) is 0 Å². The number of piperazine rings is 1. The quantitative estimate of drug-likeness (QED) is 0.917. The van der Waals surface area contributed by atoms with Crippen LogP contribution in [-0.2, 0) is 4.74 Å². The number of rotatable bonds is 3. The van der Waals surface area contributed by atoms with Gasteiger partial charge in [-0.25, -0.2) is 14.2 Å². The lowest BCUT2D eigenvalue weighted by molar-refractivity contribution is 0.0430. The van der Waals surface area contributed by atoms with Crippen molar-refractivity contribution in [3.63, 3.8) is 0 Å². The van der Waals surface area contributed by atoms with Gasteiger partial charge in [-0.15, -0.1) is 0 Å². The molecule has 2 heterocycles. The predicted octanol–water partition coefficient (Wildman–Crippen LogP) is 2.01. The summed E-state index contributed by atoms with van der Waals surface area (Å²) < 4.78 is 19.3. The third kappa shape index (κ3) is 3.77. The van der Waals surface area contributed by atoms with Gasteiger partial charge in [0.1, 0.15) is 0 Å². The molecule has 7 heteroatoms. The smallest absolute Gasteiger partial charge is 0.317 e. The highest BCUT2D eigenvalue weighted by molar-refractivity contribution is 5.75. The van der Waals surface area contributed by atoms with Gasteiger partial charge in [0.25, 0.3) is 0 Å². The van der Waals surface area contributed by atoms with Crippen molar-refractivity contribution in [2.24, 2.45) is 0 Å². The van der Waals surface area contributed by atoms with Crippen LogP contribution in [0.1, 0.15) is 25.7 Å². The Kier molecular flexibility index (Phi) is 5.50. The molecule has 1 aromatic rings. The van der Waals surface area contributed by atoms with Crippen molar-refractivity contribution in [3.8, 4) is 0 Å². The number of nitrogens with one attached hydrogen (secondary N) is 1. The zero-order valence-electron chi connectivity index (χ0n) is 14.1. The van der Waals surface area contributed by atoms with Crippen LogP contribution in [0.2, 0.25) is 0 Å². The molecule has 2 aliphatic rings. The number of carbonyl (C=O) groups is 1. The van der Waals surface area contributed by atoms with E-state index in [0.29, 0.717) is 32.0 Å². The van der Waals surface area contributed by atoms with Gasteiger partial charge in [-0.2, -0.15) is 0 Å². The van der Waals surface area contributed by atoms with E-state index in [1.807, 2.05) is 4.90 Å². The Hall–Kier alpha value is -1.89. The summed E-state index contributed by atoms with van der Waals surface area (Å²) in [6.07, 6.45) is 5.92. The molecule has 132 valence electrons. The summed E-state index contributed by atoms with van der Waals surface area (Å²) in [6, 6.07) is 3.03. The number of ether oxygens (including phenoxy) is 1. The molecule has 0 unspecified atom stereocenters. The molecule has 1 saturated heterocycles. The summed E-state index contributed by atoms with van der Waals surface area (Å²) in [5.41, 5.74) is 0. The van der Waals surface area contributed by atoms with E-state index in [4.69, 9.17) is 4.74 Å². The van der Waals surface area contributed by atoms with Crippen LogP contribution in [0.5, 0.6) is 0 Å². The Bertz CT molecular complexity index is 563. The first kappa shape index (κ1) is 17.0. The van der Waals surface area contributed by atoms with Crippen molar-refractivity contribution in [1.82, 2.24) is 15.2 Å². The number of carbonyl (C=O) groups excluding carboxylic acids is 1.